The average molecular weight is 280 g/mol. The summed E-state index contributed by atoms with van der Waals surface area (Å²) in [5.41, 5.74) is 13.5. The van der Waals surface area contributed by atoms with E-state index < -0.39 is 11.7 Å². The molecule has 4 N–H and O–H groups in total. The van der Waals surface area contributed by atoms with E-state index in [9.17, 15) is 4.79 Å². The first-order valence-electron chi connectivity index (χ1n) is 6.46. The Morgan fingerprint density at radius 3 is 2.05 bits per heavy atom. The lowest BCUT2D eigenvalue weighted by atomic mass is 9.82. The van der Waals surface area contributed by atoms with E-state index in [1.807, 2.05) is 40.7 Å². The smallest absolute Gasteiger partial charge is 0.437 e. The van der Waals surface area contributed by atoms with E-state index in [1.54, 1.807) is 6.07 Å². The van der Waals surface area contributed by atoms with Gasteiger partial charge in [-0.05, 0) is 30.9 Å². The topological polar surface area (TPSA) is 87.6 Å². The zero-order valence-electron chi connectivity index (χ0n) is 13.0. The number of ether oxygens (including phenoxy) is 2. The van der Waals surface area contributed by atoms with Crippen molar-refractivity contribution in [1.82, 2.24) is 0 Å². The van der Waals surface area contributed by atoms with Crippen LogP contribution < -0.4 is 16.2 Å². The minimum absolute atomic E-state index is 0.225. The summed E-state index contributed by atoms with van der Waals surface area (Å²) in [6.45, 7) is 9.83. The van der Waals surface area contributed by atoms with Crippen LogP contribution in [0.25, 0.3) is 0 Å². The Morgan fingerprint density at radius 1 is 1.10 bits per heavy atom. The molecule has 0 aliphatic carbocycles. The first-order chi connectivity index (χ1) is 8.96. The van der Waals surface area contributed by atoms with Crippen molar-refractivity contribution in [2.24, 2.45) is 5.73 Å². The highest BCUT2D eigenvalue weighted by molar-refractivity contribution is 5.67. The van der Waals surface area contributed by atoms with E-state index in [1.165, 1.54) is 7.11 Å². The van der Waals surface area contributed by atoms with Gasteiger partial charge in [0.05, 0.1) is 7.11 Å². The maximum Gasteiger partial charge on any atom is 0.513 e. The Hall–Kier alpha value is -1.75. The van der Waals surface area contributed by atoms with Crippen LogP contribution in [-0.2, 0) is 15.7 Å². The molecular weight excluding hydrogens is 256 g/mol. The second-order valence-corrected chi connectivity index (χ2v) is 6.46. The zero-order valence-corrected chi connectivity index (χ0v) is 13.0. The minimum atomic E-state index is -0.769. The quantitative estimate of drug-likeness (QED) is 0.494. The number of methoxy groups -OCH3 is 1. The highest BCUT2D eigenvalue weighted by atomic mass is 16.7. The molecule has 1 rings (SSSR count). The van der Waals surface area contributed by atoms with Crippen LogP contribution in [0.4, 0.5) is 10.5 Å². The number of carbonyl (C=O) groups excluding carboxylic acids is 1. The molecule has 0 unspecified atom stereocenters. The van der Waals surface area contributed by atoms with Gasteiger partial charge in [-0.3, -0.25) is 0 Å². The summed E-state index contributed by atoms with van der Waals surface area (Å²) in [4.78, 5) is 11.3. The second-order valence-electron chi connectivity index (χ2n) is 6.46. The predicted octanol–water partition coefficient (Wildman–Crippen LogP) is 2.91. The fourth-order valence-electron chi connectivity index (χ4n) is 1.96. The summed E-state index contributed by atoms with van der Waals surface area (Å²) in [5, 5.41) is 0. The number of hydrogen-bond acceptors (Lipinski definition) is 5. The van der Waals surface area contributed by atoms with Gasteiger partial charge >= 0.3 is 6.16 Å². The molecule has 0 saturated heterocycles. The molecule has 0 radical (unpaired) electrons. The fraction of sp³-hybridized carbons (Fsp3) is 0.533. The van der Waals surface area contributed by atoms with Crippen LogP contribution in [0.5, 0.6) is 5.75 Å². The van der Waals surface area contributed by atoms with Crippen LogP contribution in [-0.4, -0.2) is 13.3 Å². The van der Waals surface area contributed by atoms with Crippen LogP contribution in [0.2, 0.25) is 0 Å². The Labute approximate surface area is 120 Å². The first kappa shape index (κ1) is 16.3. The molecule has 0 spiro atoms. The molecule has 0 saturated carbocycles. The monoisotopic (exact) mass is 280 g/mol. The van der Waals surface area contributed by atoms with Gasteiger partial charge in [-0.15, -0.1) is 0 Å². The molecule has 1 aromatic carbocycles. The van der Waals surface area contributed by atoms with Crippen molar-refractivity contribution in [3.63, 3.8) is 0 Å². The van der Waals surface area contributed by atoms with E-state index in [0.29, 0.717) is 11.4 Å². The number of carbonyl (C=O) groups is 1. The molecule has 0 aliphatic rings. The lowest BCUT2D eigenvalue weighted by Crippen LogP contribution is -2.30. The standard InChI is InChI=1S/C15H24N2O3/c1-14(2,3)10-7-9(15(4,5)17)11(16)8-12(10)20-13(18)19-6/h7-8H,16-17H2,1-6H3. The zero-order chi connectivity index (χ0) is 15.7. The van der Waals surface area contributed by atoms with Crippen LogP contribution >= 0.6 is 0 Å². The largest absolute Gasteiger partial charge is 0.513 e. The van der Waals surface area contributed by atoms with Gasteiger partial charge in [-0.2, -0.15) is 0 Å². The average Bonchev–Trinajstić information content (AvgIpc) is 2.25. The van der Waals surface area contributed by atoms with Crippen molar-refractivity contribution in [2.75, 3.05) is 12.8 Å². The van der Waals surface area contributed by atoms with Gasteiger partial charge in [0.1, 0.15) is 5.75 Å². The second kappa shape index (κ2) is 5.32. The summed E-state index contributed by atoms with van der Waals surface area (Å²) in [5.74, 6) is 0.398. The number of nitrogen functional groups attached to an aromatic ring is 1. The molecule has 1 aromatic rings. The third kappa shape index (κ3) is 3.63. The normalized spacial score (nSPS) is 12.2. The maximum atomic E-state index is 11.3. The molecule has 0 fully saturated rings. The summed E-state index contributed by atoms with van der Waals surface area (Å²) in [7, 11) is 1.26. The summed E-state index contributed by atoms with van der Waals surface area (Å²) >= 11 is 0. The molecule has 5 nitrogen and oxygen atoms in total. The lowest BCUT2D eigenvalue weighted by molar-refractivity contribution is 0.120. The highest BCUT2D eigenvalue weighted by Crippen LogP contribution is 2.37. The maximum absolute atomic E-state index is 11.3. The first-order valence-corrected chi connectivity index (χ1v) is 6.46. The van der Waals surface area contributed by atoms with Gasteiger partial charge in [0.15, 0.2) is 0 Å². The van der Waals surface area contributed by atoms with E-state index in [2.05, 4.69) is 4.74 Å². The van der Waals surface area contributed by atoms with Crippen molar-refractivity contribution in [2.45, 2.75) is 45.6 Å². The van der Waals surface area contributed by atoms with Crippen molar-refractivity contribution in [1.29, 1.82) is 0 Å². The number of anilines is 1. The number of hydrogen-bond donors (Lipinski definition) is 2. The molecule has 20 heavy (non-hydrogen) atoms. The van der Waals surface area contributed by atoms with Crippen LogP contribution in [0.1, 0.15) is 45.7 Å². The molecule has 0 atom stereocenters. The number of benzene rings is 1. The van der Waals surface area contributed by atoms with Crippen molar-refractivity contribution in [3.05, 3.63) is 23.3 Å². The number of rotatable bonds is 2. The Balaban J connectivity index is 3.45. The molecule has 0 heterocycles. The molecule has 0 amide bonds. The van der Waals surface area contributed by atoms with E-state index >= 15 is 0 Å². The third-order valence-corrected chi connectivity index (χ3v) is 3.01. The molecule has 112 valence electrons. The SMILES string of the molecule is COC(=O)Oc1cc(N)c(C(C)(C)N)cc1C(C)(C)C. The predicted molar refractivity (Wildman–Crippen MR) is 79.8 cm³/mol. The van der Waals surface area contributed by atoms with Gasteiger partial charge in [-0.25, -0.2) is 4.79 Å². The molecule has 5 heteroatoms. The van der Waals surface area contributed by atoms with Crippen molar-refractivity contribution >= 4 is 11.8 Å². The van der Waals surface area contributed by atoms with Gasteiger partial charge in [0.25, 0.3) is 0 Å². The molecule has 0 aliphatic heterocycles. The van der Waals surface area contributed by atoms with Crippen LogP contribution in [0, 0.1) is 0 Å². The van der Waals surface area contributed by atoms with Crippen LogP contribution in [0.15, 0.2) is 12.1 Å². The Kier molecular flexibility index (Phi) is 4.34. The summed E-state index contributed by atoms with van der Waals surface area (Å²) in [6.07, 6.45) is -0.769. The molecule has 0 bridgehead atoms. The van der Waals surface area contributed by atoms with Gasteiger partial charge in [0.2, 0.25) is 0 Å². The highest BCUT2D eigenvalue weighted by Gasteiger charge is 2.26. The van der Waals surface area contributed by atoms with E-state index in [0.717, 1.165) is 11.1 Å². The minimum Gasteiger partial charge on any atom is -0.437 e. The van der Waals surface area contributed by atoms with Crippen molar-refractivity contribution < 1.29 is 14.3 Å². The van der Waals surface area contributed by atoms with Gasteiger partial charge < -0.3 is 20.9 Å². The lowest BCUT2D eigenvalue weighted by Gasteiger charge is -2.28. The molecule has 0 aromatic heterocycles. The third-order valence-electron chi connectivity index (χ3n) is 3.01. The Morgan fingerprint density at radius 2 is 1.65 bits per heavy atom. The van der Waals surface area contributed by atoms with E-state index in [4.69, 9.17) is 16.2 Å². The summed E-state index contributed by atoms with van der Waals surface area (Å²) in [6, 6.07) is 3.52. The van der Waals surface area contributed by atoms with Gasteiger partial charge in [0, 0.05) is 22.9 Å². The summed E-state index contributed by atoms with van der Waals surface area (Å²) < 4.78 is 9.72. The fourth-order valence-corrected chi connectivity index (χ4v) is 1.96. The number of nitrogens with two attached hydrogens (primary N) is 2. The van der Waals surface area contributed by atoms with Gasteiger partial charge in [-0.1, -0.05) is 20.8 Å². The van der Waals surface area contributed by atoms with Crippen LogP contribution in [0.3, 0.4) is 0 Å². The van der Waals surface area contributed by atoms with Crippen molar-refractivity contribution in [3.8, 4) is 5.75 Å². The van der Waals surface area contributed by atoms with E-state index in [-0.39, 0.29) is 5.41 Å². The Bertz CT molecular complexity index is 511. The molecular formula is C15H24N2O3.